The molecule has 1 aromatic carbocycles. The topological polar surface area (TPSA) is 31.2 Å². The predicted octanol–water partition coefficient (Wildman–Crippen LogP) is 8.77. The highest BCUT2D eigenvalue weighted by atomic mass is 16.5. The van der Waals surface area contributed by atoms with Crippen molar-refractivity contribution in [1.82, 2.24) is 4.57 Å². The van der Waals surface area contributed by atoms with Gasteiger partial charge in [0.05, 0.1) is 6.20 Å². The van der Waals surface area contributed by atoms with Crippen LogP contribution in [-0.2, 0) is 6.61 Å². The lowest BCUT2D eigenvalue weighted by Crippen LogP contribution is -2.09. The van der Waals surface area contributed by atoms with Crippen LogP contribution in [0.4, 0.5) is 0 Å². The monoisotopic (exact) mass is 451 g/mol. The molecule has 2 rings (SSSR count). The molecule has 0 radical (unpaired) electrons. The van der Waals surface area contributed by atoms with Crippen LogP contribution >= 0.6 is 0 Å². The SMILES string of the molecule is CCCCCCCCCCCCCCCCC=Cn1ccc(=O)c(OCc2ccccc2)c1. The molecular formula is C30H45NO2. The predicted molar refractivity (Wildman–Crippen MR) is 142 cm³/mol. The number of hydrogen-bond donors (Lipinski definition) is 0. The van der Waals surface area contributed by atoms with E-state index in [0.717, 1.165) is 12.0 Å². The third kappa shape index (κ3) is 13.1. The summed E-state index contributed by atoms with van der Waals surface area (Å²) in [6.07, 6.45) is 28.3. The number of unbranched alkanes of at least 4 members (excludes halogenated alkanes) is 14. The number of nitrogens with zero attached hydrogens (tertiary/aromatic N) is 1. The lowest BCUT2D eigenvalue weighted by atomic mass is 10.0. The number of hydrogen-bond acceptors (Lipinski definition) is 2. The van der Waals surface area contributed by atoms with Crippen LogP contribution < -0.4 is 10.2 Å². The zero-order valence-corrected chi connectivity index (χ0v) is 20.9. The van der Waals surface area contributed by atoms with Crippen molar-refractivity contribution in [3.05, 3.63) is 70.7 Å². The zero-order valence-electron chi connectivity index (χ0n) is 20.9. The van der Waals surface area contributed by atoms with Gasteiger partial charge in [0.15, 0.2) is 5.75 Å². The van der Waals surface area contributed by atoms with Gasteiger partial charge in [-0.1, -0.05) is 127 Å². The van der Waals surface area contributed by atoms with Crippen molar-refractivity contribution in [2.75, 3.05) is 0 Å². The number of pyridine rings is 1. The van der Waals surface area contributed by atoms with Crippen LogP contribution in [0.5, 0.6) is 5.75 Å². The summed E-state index contributed by atoms with van der Waals surface area (Å²) in [5.41, 5.74) is 0.975. The Morgan fingerprint density at radius 2 is 1.33 bits per heavy atom. The second-order valence-corrected chi connectivity index (χ2v) is 9.16. The molecule has 0 saturated heterocycles. The van der Waals surface area contributed by atoms with E-state index in [-0.39, 0.29) is 5.43 Å². The van der Waals surface area contributed by atoms with E-state index in [1.807, 2.05) is 41.1 Å². The standard InChI is InChI=1S/C30H45NO2/c1-2-3-4-5-6-7-8-9-10-11-12-13-14-15-16-20-24-31-25-23-29(32)30(26-31)33-27-28-21-18-17-19-22-28/h17-26H,2-16,27H2,1H3. The third-order valence-corrected chi connectivity index (χ3v) is 6.15. The fraction of sp³-hybridized carbons (Fsp3) is 0.567. The Labute approximate surface area is 201 Å². The molecule has 0 fully saturated rings. The van der Waals surface area contributed by atoms with Gasteiger partial charge in [0.2, 0.25) is 5.43 Å². The first-order valence-corrected chi connectivity index (χ1v) is 13.3. The van der Waals surface area contributed by atoms with Crippen LogP contribution in [0.25, 0.3) is 6.20 Å². The second-order valence-electron chi connectivity index (χ2n) is 9.16. The summed E-state index contributed by atoms with van der Waals surface area (Å²) in [7, 11) is 0. The van der Waals surface area contributed by atoms with Crippen molar-refractivity contribution in [3.63, 3.8) is 0 Å². The molecule has 1 aromatic heterocycles. The summed E-state index contributed by atoms with van der Waals surface area (Å²) in [6, 6.07) is 11.5. The highest BCUT2D eigenvalue weighted by molar-refractivity contribution is 5.28. The minimum Gasteiger partial charge on any atom is -0.483 e. The minimum absolute atomic E-state index is 0.0810. The van der Waals surface area contributed by atoms with Crippen molar-refractivity contribution in [2.45, 2.75) is 110 Å². The Bertz CT molecular complexity index is 810. The van der Waals surface area contributed by atoms with Crippen LogP contribution in [-0.4, -0.2) is 4.57 Å². The van der Waals surface area contributed by atoms with E-state index >= 15 is 0 Å². The summed E-state index contributed by atoms with van der Waals surface area (Å²) < 4.78 is 7.64. The maximum Gasteiger partial charge on any atom is 0.223 e. The van der Waals surface area contributed by atoms with Gasteiger partial charge in [-0.15, -0.1) is 0 Å². The number of ether oxygens (including phenoxy) is 1. The molecule has 3 heteroatoms. The Kier molecular flexibility index (Phi) is 14.8. The number of aromatic nitrogens is 1. The fourth-order valence-electron chi connectivity index (χ4n) is 4.07. The Morgan fingerprint density at radius 3 is 1.94 bits per heavy atom. The van der Waals surface area contributed by atoms with Crippen molar-refractivity contribution >= 4 is 6.20 Å². The molecule has 2 aromatic rings. The minimum atomic E-state index is -0.0810. The van der Waals surface area contributed by atoms with E-state index in [9.17, 15) is 4.79 Å². The molecule has 3 nitrogen and oxygen atoms in total. The molecule has 0 amide bonds. The van der Waals surface area contributed by atoms with Gasteiger partial charge in [-0.05, 0) is 18.4 Å². The largest absolute Gasteiger partial charge is 0.483 e. The molecule has 0 aliphatic carbocycles. The zero-order chi connectivity index (χ0) is 23.4. The number of rotatable bonds is 19. The Hall–Kier alpha value is -2.29. The van der Waals surface area contributed by atoms with E-state index in [1.54, 1.807) is 18.5 Å². The van der Waals surface area contributed by atoms with E-state index in [1.165, 1.54) is 89.9 Å². The quantitative estimate of drug-likeness (QED) is 0.200. The molecule has 1 heterocycles. The van der Waals surface area contributed by atoms with Crippen LogP contribution in [0.2, 0.25) is 0 Å². The molecule has 0 bridgehead atoms. The molecule has 182 valence electrons. The second kappa shape index (κ2) is 18.2. The van der Waals surface area contributed by atoms with Gasteiger partial charge in [0, 0.05) is 18.5 Å². The highest BCUT2D eigenvalue weighted by Gasteiger charge is 2.01. The lowest BCUT2D eigenvalue weighted by molar-refractivity contribution is 0.301. The summed E-state index contributed by atoms with van der Waals surface area (Å²) in [6.45, 7) is 2.69. The smallest absolute Gasteiger partial charge is 0.223 e. The molecule has 0 spiro atoms. The molecule has 0 aliphatic heterocycles. The normalized spacial score (nSPS) is 11.3. The van der Waals surface area contributed by atoms with Gasteiger partial charge >= 0.3 is 0 Å². The van der Waals surface area contributed by atoms with Crippen molar-refractivity contribution < 1.29 is 4.74 Å². The van der Waals surface area contributed by atoms with Gasteiger partial charge in [0.25, 0.3) is 0 Å². The van der Waals surface area contributed by atoms with Crippen LogP contribution in [0.3, 0.4) is 0 Å². The van der Waals surface area contributed by atoms with E-state index in [0.29, 0.717) is 12.4 Å². The first kappa shape index (κ1) is 27.0. The molecule has 0 aliphatic rings. The summed E-state index contributed by atoms with van der Waals surface area (Å²) in [4.78, 5) is 12.1. The fourth-order valence-corrected chi connectivity index (χ4v) is 4.07. The Morgan fingerprint density at radius 1 is 0.758 bits per heavy atom. The van der Waals surface area contributed by atoms with Crippen LogP contribution in [0.15, 0.2) is 59.7 Å². The van der Waals surface area contributed by atoms with Crippen molar-refractivity contribution in [3.8, 4) is 5.75 Å². The van der Waals surface area contributed by atoms with E-state index in [4.69, 9.17) is 4.74 Å². The average molecular weight is 452 g/mol. The Balaban J connectivity index is 1.49. The van der Waals surface area contributed by atoms with Crippen LogP contribution in [0, 0.1) is 0 Å². The average Bonchev–Trinajstić information content (AvgIpc) is 2.84. The summed E-state index contributed by atoms with van der Waals surface area (Å²) >= 11 is 0. The molecule has 0 N–H and O–H groups in total. The maximum atomic E-state index is 12.1. The molecule has 0 saturated carbocycles. The molecule has 0 unspecified atom stereocenters. The molecule has 0 atom stereocenters. The number of benzene rings is 1. The van der Waals surface area contributed by atoms with Gasteiger partial charge in [-0.2, -0.15) is 0 Å². The molecule has 33 heavy (non-hydrogen) atoms. The highest BCUT2D eigenvalue weighted by Crippen LogP contribution is 2.14. The summed E-state index contributed by atoms with van der Waals surface area (Å²) in [5, 5.41) is 0. The third-order valence-electron chi connectivity index (χ3n) is 6.15. The first-order valence-electron chi connectivity index (χ1n) is 13.3. The maximum absolute atomic E-state index is 12.1. The first-order chi connectivity index (χ1) is 16.3. The van der Waals surface area contributed by atoms with Gasteiger partial charge in [-0.3, -0.25) is 4.79 Å². The van der Waals surface area contributed by atoms with Crippen molar-refractivity contribution in [2.24, 2.45) is 0 Å². The van der Waals surface area contributed by atoms with Crippen molar-refractivity contribution in [1.29, 1.82) is 0 Å². The van der Waals surface area contributed by atoms with Crippen LogP contribution in [0.1, 0.15) is 109 Å². The number of allylic oxidation sites excluding steroid dienone is 1. The van der Waals surface area contributed by atoms with Gasteiger partial charge in [0.1, 0.15) is 6.61 Å². The van der Waals surface area contributed by atoms with Gasteiger partial charge < -0.3 is 9.30 Å². The lowest BCUT2D eigenvalue weighted by Gasteiger charge is -2.07. The van der Waals surface area contributed by atoms with E-state index < -0.39 is 0 Å². The van der Waals surface area contributed by atoms with Gasteiger partial charge in [-0.25, -0.2) is 0 Å². The summed E-state index contributed by atoms with van der Waals surface area (Å²) in [5.74, 6) is 0.391. The molecular weight excluding hydrogens is 406 g/mol. The van der Waals surface area contributed by atoms with E-state index in [2.05, 4.69) is 13.0 Å².